The molecule has 0 aliphatic rings. The minimum Gasteiger partial charge on any atom is -0.492 e. The highest BCUT2D eigenvalue weighted by atomic mass is 16.5. The van der Waals surface area contributed by atoms with Gasteiger partial charge in [-0.15, -0.1) is 6.42 Å². The van der Waals surface area contributed by atoms with Crippen LogP contribution in [0.5, 0.6) is 5.75 Å². The lowest BCUT2D eigenvalue weighted by molar-refractivity contribution is 0.316. The predicted octanol–water partition coefficient (Wildman–Crippen LogP) is 2.32. The summed E-state index contributed by atoms with van der Waals surface area (Å²) in [5, 5.41) is 3.08. The fraction of sp³-hybridized carbons (Fsp3) is 0.286. The molecule has 2 nitrogen and oxygen atoms in total. The van der Waals surface area contributed by atoms with Gasteiger partial charge in [0.25, 0.3) is 0 Å². The predicted molar refractivity (Wildman–Crippen MR) is 68.3 cm³/mol. The molecule has 0 amide bonds. The van der Waals surface area contributed by atoms with Crippen molar-refractivity contribution >= 4 is 6.08 Å². The van der Waals surface area contributed by atoms with E-state index in [-0.39, 0.29) is 0 Å². The maximum absolute atomic E-state index is 5.65. The van der Waals surface area contributed by atoms with Gasteiger partial charge in [-0.25, -0.2) is 0 Å². The lowest BCUT2D eigenvalue weighted by atomic mass is 10.2. The van der Waals surface area contributed by atoms with Crippen molar-refractivity contribution in [1.29, 1.82) is 0 Å². The van der Waals surface area contributed by atoms with Gasteiger partial charge in [0.2, 0.25) is 0 Å². The van der Waals surface area contributed by atoms with Gasteiger partial charge in [-0.3, -0.25) is 0 Å². The van der Waals surface area contributed by atoms with E-state index in [2.05, 4.69) is 11.2 Å². The minimum absolute atomic E-state index is 0.583. The van der Waals surface area contributed by atoms with Crippen molar-refractivity contribution in [1.82, 2.24) is 5.32 Å². The molecule has 0 aliphatic heterocycles. The second-order valence-electron chi connectivity index (χ2n) is 3.27. The molecule has 0 saturated carbocycles. The maximum atomic E-state index is 5.65. The summed E-state index contributed by atoms with van der Waals surface area (Å²) in [5.41, 5.74) is 1.10. The van der Waals surface area contributed by atoms with Crippen molar-refractivity contribution < 1.29 is 4.74 Å². The average Bonchev–Trinajstić information content (AvgIpc) is 2.31. The lowest BCUT2D eigenvalue weighted by Gasteiger charge is -2.08. The molecule has 84 valence electrons. The van der Waals surface area contributed by atoms with Crippen LogP contribution in [-0.4, -0.2) is 19.7 Å². The van der Waals surface area contributed by atoms with Gasteiger partial charge in [0, 0.05) is 12.1 Å². The molecule has 1 aromatic carbocycles. The smallest absolute Gasteiger partial charge is 0.126 e. The van der Waals surface area contributed by atoms with Gasteiger partial charge in [-0.1, -0.05) is 36.3 Å². The van der Waals surface area contributed by atoms with Crippen LogP contribution in [-0.2, 0) is 0 Å². The molecule has 2 heteroatoms. The number of rotatable bonds is 6. The molecule has 0 aromatic heterocycles. The van der Waals surface area contributed by atoms with E-state index in [9.17, 15) is 0 Å². The second-order valence-corrected chi connectivity index (χ2v) is 3.27. The minimum atomic E-state index is 0.583. The molecule has 1 N–H and O–H groups in total. The van der Waals surface area contributed by atoms with Crippen LogP contribution in [0.15, 0.2) is 30.3 Å². The summed E-state index contributed by atoms with van der Waals surface area (Å²) in [6, 6.07) is 7.97. The zero-order chi connectivity index (χ0) is 11.6. The molecule has 1 rings (SSSR count). The van der Waals surface area contributed by atoms with Crippen molar-refractivity contribution in [2.75, 3.05) is 19.7 Å². The number of hydrogen-bond donors (Lipinski definition) is 1. The third-order valence-electron chi connectivity index (χ3n) is 2.03. The molecule has 0 saturated heterocycles. The van der Waals surface area contributed by atoms with Crippen LogP contribution in [0.25, 0.3) is 6.08 Å². The lowest BCUT2D eigenvalue weighted by Crippen LogP contribution is -2.21. The zero-order valence-corrected chi connectivity index (χ0v) is 9.57. The summed E-state index contributed by atoms with van der Waals surface area (Å²) in [6.45, 7) is 3.95. The number of ether oxygens (including phenoxy) is 1. The molecule has 0 spiro atoms. The van der Waals surface area contributed by atoms with Crippen molar-refractivity contribution in [2.24, 2.45) is 0 Å². The van der Waals surface area contributed by atoms with Crippen molar-refractivity contribution in [3.63, 3.8) is 0 Å². The Bertz CT molecular complexity index is 377. The Kier molecular flexibility index (Phi) is 5.83. The van der Waals surface area contributed by atoms with Crippen LogP contribution >= 0.6 is 0 Å². The fourth-order valence-electron chi connectivity index (χ4n) is 1.32. The number of nitrogens with one attached hydrogen (secondary N) is 1. The van der Waals surface area contributed by atoms with E-state index in [1.54, 1.807) is 0 Å². The summed E-state index contributed by atoms with van der Waals surface area (Å²) in [7, 11) is 0. The van der Waals surface area contributed by atoms with E-state index in [1.165, 1.54) is 0 Å². The van der Waals surface area contributed by atoms with Gasteiger partial charge in [0.05, 0.1) is 6.54 Å². The molecule has 0 unspecified atom stereocenters. The summed E-state index contributed by atoms with van der Waals surface area (Å²) >= 11 is 0. The monoisotopic (exact) mass is 215 g/mol. The Balaban J connectivity index is 2.44. The van der Waals surface area contributed by atoms with Crippen LogP contribution < -0.4 is 10.1 Å². The largest absolute Gasteiger partial charge is 0.492 e. The van der Waals surface area contributed by atoms with Crippen LogP contribution in [0.1, 0.15) is 12.5 Å². The van der Waals surface area contributed by atoms with Gasteiger partial charge in [-0.2, -0.15) is 0 Å². The van der Waals surface area contributed by atoms with Gasteiger partial charge in [0.15, 0.2) is 0 Å². The quantitative estimate of drug-likeness (QED) is 0.581. The number of terminal acetylenes is 1. The topological polar surface area (TPSA) is 21.3 Å². The molecule has 0 radical (unpaired) electrons. The SMILES string of the molecule is C#CCNCCOc1ccccc1C=CC. The van der Waals surface area contributed by atoms with Gasteiger partial charge in [0.1, 0.15) is 12.4 Å². The molecule has 0 bridgehead atoms. The van der Waals surface area contributed by atoms with Gasteiger partial charge < -0.3 is 10.1 Å². The number of para-hydroxylation sites is 1. The summed E-state index contributed by atoms with van der Waals surface area (Å²) in [4.78, 5) is 0. The van der Waals surface area contributed by atoms with Crippen molar-refractivity contribution in [3.05, 3.63) is 35.9 Å². The molecule has 1 aromatic rings. The average molecular weight is 215 g/mol. The molecule has 16 heavy (non-hydrogen) atoms. The highest BCUT2D eigenvalue weighted by Crippen LogP contribution is 2.18. The van der Waals surface area contributed by atoms with E-state index in [0.29, 0.717) is 13.2 Å². The first-order valence-electron chi connectivity index (χ1n) is 5.37. The molecule has 0 heterocycles. The highest BCUT2D eigenvalue weighted by Gasteiger charge is 1.98. The van der Waals surface area contributed by atoms with Crippen LogP contribution in [0.2, 0.25) is 0 Å². The van der Waals surface area contributed by atoms with Crippen LogP contribution in [0, 0.1) is 12.3 Å². The molecular weight excluding hydrogens is 198 g/mol. The normalized spacial score (nSPS) is 10.2. The third kappa shape index (κ3) is 4.20. The van der Waals surface area contributed by atoms with E-state index in [0.717, 1.165) is 17.9 Å². The number of allylic oxidation sites excluding steroid dienone is 1. The van der Waals surface area contributed by atoms with Crippen LogP contribution in [0.4, 0.5) is 0 Å². The third-order valence-corrected chi connectivity index (χ3v) is 2.03. The number of hydrogen-bond acceptors (Lipinski definition) is 2. The van der Waals surface area contributed by atoms with E-state index in [1.807, 2.05) is 43.3 Å². The number of benzene rings is 1. The van der Waals surface area contributed by atoms with E-state index in [4.69, 9.17) is 11.2 Å². The maximum Gasteiger partial charge on any atom is 0.126 e. The molecule has 0 aliphatic carbocycles. The Morgan fingerprint density at radius 3 is 3.00 bits per heavy atom. The first-order valence-corrected chi connectivity index (χ1v) is 5.37. The highest BCUT2D eigenvalue weighted by molar-refractivity contribution is 5.56. The van der Waals surface area contributed by atoms with Gasteiger partial charge >= 0.3 is 0 Å². The standard InChI is InChI=1S/C14H17NO/c1-3-7-13-8-5-6-9-14(13)16-12-11-15-10-4-2/h2-3,5-9,15H,10-12H2,1H3. The Morgan fingerprint density at radius 2 is 2.25 bits per heavy atom. The summed E-state index contributed by atoms with van der Waals surface area (Å²) in [6.07, 6.45) is 9.15. The molecule has 0 fully saturated rings. The van der Waals surface area contributed by atoms with Crippen molar-refractivity contribution in [3.8, 4) is 18.1 Å². The first kappa shape index (κ1) is 12.4. The molecular formula is C14H17NO. The Morgan fingerprint density at radius 1 is 1.44 bits per heavy atom. The second kappa shape index (κ2) is 7.56. The molecule has 0 atom stereocenters. The van der Waals surface area contributed by atoms with Gasteiger partial charge in [-0.05, 0) is 13.0 Å². The Hall–Kier alpha value is -1.72. The van der Waals surface area contributed by atoms with E-state index < -0.39 is 0 Å². The summed E-state index contributed by atoms with van der Waals surface area (Å²) < 4.78 is 5.65. The first-order chi connectivity index (χ1) is 7.88. The van der Waals surface area contributed by atoms with Crippen LogP contribution in [0.3, 0.4) is 0 Å². The van der Waals surface area contributed by atoms with E-state index >= 15 is 0 Å². The summed E-state index contributed by atoms with van der Waals surface area (Å²) in [5.74, 6) is 3.43. The Labute approximate surface area is 97.3 Å². The zero-order valence-electron chi connectivity index (χ0n) is 9.57. The van der Waals surface area contributed by atoms with Crippen molar-refractivity contribution in [2.45, 2.75) is 6.92 Å². The fourth-order valence-corrected chi connectivity index (χ4v) is 1.32.